The Morgan fingerprint density at radius 1 is 1.17 bits per heavy atom. The van der Waals surface area contributed by atoms with Crippen molar-refractivity contribution in [2.24, 2.45) is 17.3 Å². The van der Waals surface area contributed by atoms with Crippen LogP contribution in [-0.2, 0) is 13.9 Å². The van der Waals surface area contributed by atoms with E-state index in [1.165, 1.54) is 25.7 Å². The SMILES string of the molecule is COCOC(C)(C)CCC/C=C1/C(C)CC2C(O[Si](C)(C)C(C)(C)C)CCCC12C. The van der Waals surface area contributed by atoms with Crippen LogP contribution < -0.4 is 0 Å². The van der Waals surface area contributed by atoms with Crippen LogP contribution in [0.4, 0.5) is 0 Å². The van der Waals surface area contributed by atoms with Gasteiger partial charge in [-0.3, -0.25) is 0 Å². The lowest BCUT2D eigenvalue weighted by Crippen LogP contribution is -2.49. The van der Waals surface area contributed by atoms with E-state index in [0.29, 0.717) is 30.1 Å². The molecule has 0 amide bonds. The number of methoxy groups -OCH3 is 1. The molecule has 176 valence electrons. The van der Waals surface area contributed by atoms with Crippen LogP contribution in [0.3, 0.4) is 0 Å². The molecule has 4 heteroatoms. The fourth-order valence-electron chi connectivity index (χ4n) is 5.51. The third kappa shape index (κ3) is 5.99. The first-order valence-corrected chi connectivity index (χ1v) is 15.2. The highest BCUT2D eigenvalue weighted by molar-refractivity contribution is 6.74. The van der Waals surface area contributed by atoms with Crippen molar-refractivity contribution in [3.63, 3.8) is 0 Å². The van der Waals surface area contributed by atoms with Crippen LogP contribution in [0.1, 0.15) is 93.4 Å². The number of hydrogen-bond acceptors (Lipinski definition) is 3. The Kier molecular flexibility index (Phi) is 8.49. The molecule has 0 aromatic carbocycles. The molecule has 0 aromatic rings. The van der Waals surface area contributed by atoms with E-state index in [0.717, 1.165) is 19.3 Å². The number of rotatable bonds is 9. The Morgan fingerprint density at radius 3 is 2.43 bits per heavy atom. The molecule has 2 aliphatic rings. The minimum absolute atomic E-state index is 0.116. The number of allylic oxidation sites excluding steroid dienone is 2. The van der Waals surface area contributed by atoms with Gasteiger partial charge in [-0.05, 0) is 87.8 Å². The summed E-state index contributed by atoms with van der Waals surface area (Å²) >= 11 is 0. The van der Waals surface area contributed by atoms with Gasteiger partial charge in [-0.1, -0.05) is 52.7 Å². The first-order chi connectivity index (χ1) is 13.7. The van der Waals surface area contributed by atoms with E-state index in [-0.39, 0.29) is 10.6 Å². The first-order valence-electron chi connectivity index (χ1n) is 12.2. The van der Waals surface area contributed by atoms with Gasteiger partial charge in [0.1, 0.15) is 6.79 Å². The Hall–Kier alpha value is -0.163. The summed E-state index contributed by atoms with van der Waals surface area (Å²) in [6, 6.07) is 0. The number of ether oxygens (including phenoxy) is 2. The minimum atomic E-state index is -1.74. The quantitative estimate of drug-likeness (QED) is 0.160. The molecule has 2 rings (SSSR count). The van der Waals surface area contributed by atoms with Crippen molar-refractivity contribution in [2.45, 2.75) is 123 Å². The second kappa shape index (κ2) is 9.76. The molecular formula is C26H50O3Si. The van der Waals surface area contributed by atoms with E-state index < -0.39 is 8.32 Å². The van der Waals surface area contributed by atoms with E-state index in [4.69, 9.17) is 13.9 Å². The summed E-state index contributed by atoms with van der Waals surface area (Å²) < 4.78 is 17.9. The minimum Gasteiger partial charge on any atom is -0.414 e. The maximum atomic E-state index is 7.01. The van der Waals surface area contributed by atoms with Gasteiger partial charge in [0.2, 0.25) is 0 Å². The first kappa shape index (κ1) is 26.1. The van der Waals surface area contributed by atoms with Crippen LogP contribution >= 0.6 is 0 Å². The van der Waals surface area contributed by atoms with Gasteiger partial charge >= 0.3 is 0 Å². The van der Waals surface area contributed by atoms with Crippen molar-refractivity contribution in [1.29, 1.82) is 0 Å². The fraction of sp³-hybridized carbons (Fsp3) is 0.923. The second-order valence-electron chi connectivity index (χ2n) is 12.3. The van der Waals surface area contributed by atoms with E-state index in [1.54, 1.807) is 12.7 Å². The van der Waals surface area contributed by atoms with Crippen molar-refractivity contribution < 1.29 is 13.9 Å². The van der Waals surface area contributed by atoms with Gasteiger partial charge in [0.05, 0.1) is 5.60 Å². The predicted molar refractivity (Wildman–Crippen MR) is 130 cm³/mol. The molecule has 0 aliphatic heterocycles. The van der Waals surface area contributed by atoms with Crippen LogP contribution in [0, 0.1) is 17.3 Å². The van der Waals surface area contributed by atoms with Gasteiger partial charge in [-0.25, -0.2) is 0 Å². The Bertz CT molecular complexity index is 590. The molecular weight excluding hydrogens is 388 g/mol. The van der Waals surface area contributed by atoms with Crippen LogP contribution in [0.2, 0.25) is 18.1 Å². The molecule has 2 fully saturated rings. The van der Waals surface area contributed by atoms with Gasteiger partial charge < -0.3 is 13.9 Å². The molecule has 30 heavy (non-hydrogen) atoms. The van der Waals surface area contributed by atoms with Crippen molar-refractivity contribution >= 4 is 8.32 Å². The summed E-state index contributed by atoms with van der Waals surface area (Å²) in [6.07, 6.45) is 11.6. The van der Waals surface area contributed by atoms with E-state index in [1.807, 2.05) is 0 Å². The predicted octanol–water partition coefficient (Wildman–Crippen LogP) is 7.72. The zero-order valence-corrected chi connectivity index (χ0v) is 22.7. The lowest BCUT2D eigenvalue weighted by Gasteiger charge is -2.47. The van der Waals surface area contributed by atoms with E-state index >= 15 is 0 Å². The highest BCUT2D eigenvalue weighted by Crippen LogP contribution is 2.59. The van der Waals surface area contributed by atoms with E-state index in [2.05, 4.69) is 67.6 Å². The van der Waals surface area contributed by atoms with Crippen LogP contribution in [0.15, 0.2) is 11.6 Å². The van der Waals surface area contributed by atoms with Gasteiger partial charge in [-0.2, -0.15) is 0 Å². The molecule has 0 N–H and O–H groups in total. The second-order valence-corrected chi connectivity index (χ2v) is 17.1. The van der Waals surface area contributed by atoms with Gasteiger partial charge in [0.25, 0.3) is 0 Å². The van der Waals surface area contributed by atoms with Crippen molar-refractivity contribution in [3.8, 4) is 0 Å². The zero-order chi connectivity index (χ0) is 22.8. The van der Waals surface area contributed by atoms with Crippen molar-refractivity contribution in [3.05, 3.63) is 11.6 Å². The standard InChI is InChI=1S/C26H50O3Si/c1-20-18-22-23(29-30(9,10)24(2,3)4)15-13-17-26(22,7)21(20)14-11-12-16-25(5,6)28-19-27-8/h14,20,22-23H,11-13,15-19H2,1-10H3/b21-14-. The lowest BCUT2D eigenvalue weighted by molar-refractivity contribution is -0.117. The summed E-state index contributed by atoms with van der Waals surface area (Å²) in [5, 5.41) is 0.279. The molecule has 4 unspecified atom stereocenters. The van der Waals surface area contributed by atoms with Crippen molar-refractivity contribution in [2.75, 3.05) is 13.9 Å². The molecule has 0 radical (unpaired) electrons. The summed E-state index contributed by atoms with van der Waals surface area (Å²) in [5.74, 6) is 1.37. The van der Waals surface area contributed by atoms with Crippen molar-refractivity contribution in [1.82, 2.24) is 0 Å². The number of fused-ring (bicyclic) bond motifs is 1. The maximum absolute atomic E-state index is 7.01. The highest BCUT2D eigenvalue weighted by atomic mass is 28.4. The zero-order valence-electron chi connectivity index (χ0n) is 21.7. The normalized spacial score (nSPS) is 31.9. The van der Waals surface area contributed by atoms with E-state index in [9.17, 15) is 0 Å². The Balaban J connectivity index is 2.05. The largest absolute Gasteiger partial charge is 0.414 e. The van der Waals surface area contributed by atoms with Gasteiger partial charge in [0, 0.05) is 13.2 Å². The number of unbranched alkanes of at least 4 members (excludes halogenated alkanes) is 1. The summed E-state index contributed by atoms with van der Waals surface area (Å²) in [5.41, 5.74) is 1.92. The third-order valence-electron chi connectivity index (χ3n) is 8.42. The molecule has 2 saturated carbocycles. The molecule has 0 saturated heterocycles. The lowest BCUT2D eigenvalue weighted by atomic mass is 9.66. The third-order valence-corrected chi connectivity index (χ3v) is 12.9. The van der Waals surface area contributed by atoms with Crippen LogP contribution in [0.25, 0.3) is 0 Å². The Labute approximate surface area is 188 Å². The molecule has 4 atom stereocenters. The average molecular weight is 439 g/mol. The summed E-state index contributed by atoms with van der Waals surface area (Å²) in [6.45, 7) is 21.6. The van der Waals surface area contributed by atoms with Crippen LogP contribution in [0.5, 0.6) is 0 Å². The highest BCUT2D eigenvalue weighted by Gasteiger charge is 2.53. The molecule has 3 nitrogen and oxygen atoms in total. The Morgan fingerprint density at radius 2 is 1.83 bits per heavy atom. The monoisotopic (exact) mass is 438 g/mol. The average Bonchev–Trinajstić information content (AvgIpc) is 2.87. The molecule has 0 bridgehead atoms. The topological polar surface area (TPSA) is 27.7 Å². The number of hydrogen-bond donors (Lipinski definition) is 0. The molecule has 0 aromatic heterocycles. The smallest absolute Gasteiger partial charge is 0.192 e. The van der Waals surface area contributed by atoms with Gasteiger partial charge in [0.15, 0.2) is 8.32 Å². The maximum Gasteiger partial charge on any atom is 0.192 e. The summed E-state index contributed by atoms with van der Waals surface area (Å²) in [7, 11) is -0.0502. The molecule has 0 heterocycles. The summed E-state index contributed by atoms with van der Waals surface area (Å²) in [4.78, 5) is 0. The fourth-order valence-corrected chi connectivity index (χ4v) is 6.91. The van der Waals surface area contributed by atoms with Gasteiger partial charge in [-0.15, -0.1) is 0 Å². The molecule has 2 aliphatic carbocycles. The molecule has 0 spiro atoms. The van der Waals surface area contributed by atoms with Crippen LogP contribution in [-0.4, -0.2) is 33.9 Å².